The molecular formula is C38H60N2O8. The van der Waals surface area contributed by atoms with Gasteiger partial charge in [-0.25, -0.2) is 9.59 Å². The highest BCUT2D eigenvalue weighted by molar-refractivity contribution is 5.79. The lowest BCUT2D eigenvalue weighted by atomic mass is 9.41. The van der Waals surface area contributed by atoms with Crippen LogP contribution in [-0.2, 0) is 19.0 Å². The summed E-state index contributed by atoms with van der Waals surface area (Å²) in [5, 5.41) is 24.3. The molecule has 10 nitrogen and oxygen atoms in total. The van der Waals surface area contributed by atoms with Crippen LogP contribution in [0.25, 0.3) is 0 Å². The number of carboxylic acid groups (broad SMARTS) is 1. The molecule has 5 aliphatic carbocycles. The fourth-order valence-corrected chi connectivity index (χ4v) is 13.5. The van der Waals surface area contributed by atoms with Crippen LogP contribution in [0, 0.1) is 56.7 Å². The molecule has 0 aromatic carbocycles. The van der Waals surface area contributed by atoms with E-state index in [-0.39, 0.29) is 69.4 Å². The van der Waals surface area contributed by atoms with Crippen LogP contribution in [0.1, 0.15) is 113 Å². The number of aliphatic hydroxyl groups excluding tert-OH is 1. The molecule has 0 bridgehead atoms. The molecule has 0 aromatic heterocycles. The van der Waals surface area contributed by atoms with Crippen molar-refractivity contribution in [3.8, 4) is 0 Å². The van der Waals surface area contributed by atoms with Gasteiger partial charge in [-0.05, 0) is 111 Å². The van der Waals surface area contributed by atoms with Crippen LogP contribution in [0.2, 0.25) is 0 Å². The molecule has 48 heavy (non-hydrogen) atoms. The number of likely N-dealkylation sites (tertiary alicyclic amines) is 1. The summed E-state index contributed by atoms with van der Waals surface area (Å²) < 4.78 is 19.1. The molecule has 0 aromatic rings. The predicted molar refractivity (Wildman–Crippen MR) is 178 cm³/mol. The molecule has 7 rings (SSSR count). The van der Waals surface area contributed by atoms with E-state index in [1.54, 1.807) is 4.90 Å². The number of nitrogens with zero attached hydrogens (tertiary/aromatic N) is 1. The predicted octanol–water partition coefficient (Wildman–Crippen LogP) is 6.23. The lowest BCUT2D eigenvalue weighted by Crippen LogP contribution is -2.60. The average Bonchev–Trinajstić information content (AvgIpc) is 3.61. The molecule has 2 heterocycles. The largest absolute Gasteiger partial charge is 0.480 e. The van der Waals surface area contributed by atoms with Gasteiger partial charge in [0.1, 0.15) is 18.2 Å². The zero-order chi connectivity index (χ0) is 34.8. The Morgan fingerprint density at radius 2 is 1.62 bits per heavy atom. The topological polar surface area (TPSA) is 135 Å². The third-order valence-electron chi connectivity index (χ3n) is 16.1. The standard InChI is InChI=1S/C38H60N2O8/c1-20(2)28(48-33(45)40-16-9-17-40)23-18-21(3)27-29(46-23)30(41)36(8)25-11-10-24-34(5,6)26(47-32(44)39-22(4)31(42)43)12-13-37(24)19-38(25,37)15-14-35(27,36)7/h20-30,41H,9-19H2,1-8H3,(H,39,44)(H,42,43)/t21-,22-,23?,24+,25?,26?,27+,28-,29?,30+,35-,36-,37-,38+/m1/s1. The third kappa shape index (κ3) is 4.51. The number of fused-ring (bicyclic) bond motifs is 4. The van der Waals surface area contributed by atoms with E-state index in [2.05, 4.69) is 53.8 Å². The van der Waals surface area contributed by atoms with Crippen molar-refractivity contribution < 1.29 is 38.8 Å². The first-order chi connectivity index (χ1) is 22.4. The fourth-order valence-electron chi connectivity index (χ4n) is 13.5. The van der Waals surface area contributed by atoms with Gasteiger partial charge in [0, 0.05) is 23.9 Å². The van der Waals surface area contributed by atoms with Gasteiger partial charge in [-0.2, -0.15) is 0 Å². The van der Waals surface area contributed by atoms with Gasteiger partial charge in [-0.3, -0.25) is 4.79 Å². The molecule has 3 N–H and O–H groups in total. The molecule has 2 aliphatic heterocycles. The van der Waals surface area contributed by atoms with E-state index in [1.807, 2.05) is 0 Å². The first-order valence-electron chi connectivity index (χ1n) is 18.9. The van der Waals surface area contributed by atoms with Crippen molar-refractivity contribution >= 4 is 18.2 Å². The number of carbonyl (C=O) groups excluding carboxylic acids is 2. The fraction of sp³-hybridized carbons (Fsp3) is 0.921. The first-order valence-corrected chi connectivity index (χ1v) is 18.9. The molecule has 4 unspecified atom stereocenters. The van der Waals surface area contributed by atoms with E-state index in [9.17, 15) is 24.6 Å². The van der Waals surface area contributed by atoms with E-state index in [0.29, 0.717) is 17.8 Å². The minimum Gasteiger partial charge on any atom is -0.480 e. The molecule has 270 valence electrons. The zero-order valence-electron chi connectivity index (χ0n) is 30.4. The van der Waals surface area contributed by atoms with Crippen LogP contribution >= 0.6 is 0 Å². The smallest absolute Gasteiger partial charge is 0.410 e. The number of hydrogen-bond donors (Lipinski definition) is 3. The summed E-state index contributed by atoms with van der Waals surface area (Å²) >= 11 is 0. The molecule has 2 amide bonds. The minimum atomic E-state index is -1.08. The highest BCUT2D eigenvalue weighted by Crippen LogP contribution is 2.89. The number of amides is 2. The van der Waals surface area contributed by atoms with Crippen molar-refractivity contribution in [1.82, 2.24) is 10.2 Å². The monoisotopic (exact) mass is 672 g/mol. The van der Waals surface area contributed by atoms with Crippen molar-refractivity contribution in [2.45, 2.75) is 150 Å². The van der Waals surface area contributed by atoms with Crippen LogP contribution in [0.4, 0.5) is 9.59 Å². The average molecular weight is 673 g/mol. The lowest BCUT2D eigenvalue weighted by molar-refractivity contribution is -0.185. The van der Waals surface area contributed by atoms with Gasteiger partial charge in [0.25, 0.3) is 0 Å². The van der Waals surface area contributed by atoms with Crippen LogP contribution in [-0.4, -0.2) is 82.9 Å². The van der Waals surface area contributed by atoms with Crippen molar-refractivity contribution in [1.29, 1.82) is 0 Å². The SMILES string of the molecule is CC(C)[C@@H](OC(=O)N1CCC1)C1C[C@@H](C)[C@H]2C(O1)[C@H](O)[C@@]1(C)C3CC[C@H]4C(C)(C)C(OC(=O)N[C@H](C)C(=O)O)CC[C@@]45C[C@@]35CC[C@]21C. The number of carboxylic acids is 1. The highest BCUT2D eigenvalue weighted by atomic mass is 16.6. The van der Waals surface area contributed by atoms with Crippen molar-refractivity contribution in [2.75, 3.05) is 13.1 Å². The number of alkyl carbamates (subject to hydrolysis) is 1. The van der Waals surface area contributed by atoms with Crippen molar-refractivity contribution in [2.24, 2.45) is 56.7 Å². The molecule has 2 spiro atoms. The van der Waals surface area contributed by atoms with Gasteiger partial charge in [-0.15, -0.1) is 0 Å². The van der Waals surface area contributed by atoms with Gasteiger partial charge in [-0.1, -0.05) is 48.5 Å². The number of nitrogens with one attached hydrogen (secondary N) is 1. The van der Waals surface area contributed by atoms with Crippen LogP contribution in [0.5, 0.6) is 0 Å². The second kappa shape index (κ2) is 11.2. The van der Waals surface area contributed by atoms with E-state index in [4.69, 9.17) is 14.2 Å². The lowest BCUT2D eigenvalue weighted by Gasteiger charge is -2.63. The Hall–Kier alpha value is -2.07. The summed E-state index contributed by atoms with van der Waals surface area (Å²) in [6, 6.07) is -1.00. The molecular weight excluding hydrogens is 612 g/mol. The molecule has 5 saturated carbocycles. The Bertz CT molecular complexity index is 1330. The Morgan fingerprint density at radius 1 is 0.958 bits per heavy atom. The number of carbonyl (C=O) groups is 3. The summed E-state index contributed by atoms with van der Waals surface area (Å²) in [7, 11) is 0. The third-order valence-corrected chi connectivity index (χ3v) is 16.1. The van der Waals surface area contributed by atoms with E-state index >= 15 is 0 Å². The second-order valence-corrected chi connectivity index (χ2v) is 18.6. The van der Waals surface area contributed by atoms with E-state index < -0.39 is 24.2 Å². The minimum absolute atomic E-state index is 0.0651. The van der Waals surface area contributed by atoms with Gasteiger partial charge in [0.05, 0.1) is 18.3 Å². The second-order valence-electron chi connectivity index (χ2n) is 18.6. The molecule has 0 radical (unpaired) electrons. The Labute approximate surface area is 286 Å². The Kier molecular flexibility index (Phi) is 8.03. The number of hydrogen-bond acceptors (Lipinski definition) is 7. The summed E-state index contributed by atoms with van der Waals surface area (Å²) in [5.41, 5.74) is -0.277. The van der Waals surface area contributed by atoms with Crippen LogP contribution in [0.3, 0.4) is 0 Å². The summed E-state index contributed by atoms with van der Waals surface area (Å²) in [6.07, 6.45) is 6.43. The number of ether oxygens (including phenoxy) is 3. The number of aliphatic carboxylic acids is 1. The van der Waals surface area contributed by atoms with Crippen molar-refractivity contribution in [3.63, 3.8) is 0 Å². The molecule has 2 saturated heterocycles. The van der Waals surface area contributed by atoms with E-state index in [1.165, 1.54) is 13.3 Å². The number of rotatable bonds is 6. The molecule has 10 heteroatoms. The summed E-state index contributed by atoms with van der Waals surface area (Å²) in [4.78, 5) is 38.7. The van der Waals surface area contributed by atoms with Gasteiger partial charge in [0.2, 0.25) is 0 Å². The molecule has 7 fully saturated rings. The zero-order valence-corrected chi connectivity index (χ0v) is 30.4. The van der Waals surface area contributed by atoms with Crippen molar-refractivity contribution in [3.05, 3.63) is 0 Å². The highest BCUT2D eigenvalue weighted by Gasteiger charge is 2.84. The maximum atomic E-state index is 12.9. The van der Waals surface area contributed by atoms with E-state index in [0.717, 1.165) is 64.5 Å². The molecule has 7 aliphatic rings. The normalized spacial score (nSPS) is 47.9. The van der Waals surface area contributed by atoms with Gasteiger partial charge in [0.15, 0.2) is 0 Å². The Morgan fingerprint density at radius 3 is 2.25 bits per heavy atom. The summed E-state index contributed by atoms with van der Waals surface area (Å²) in [5.74, 6) is 0.372. The maximum Gasteiger partial charge on any atom is 0.410 e. The Balaban J connectivity index is 1.11. The summed E-state index contributed by atoms with van der Waals surface area (Å²) in [6.45, 7) is 18.8. The maximum absolute atomic E-state index is 12.9. The van der Waals surface area contributed by atoms with Crippen LogP contribution in [0.15, 0.2) is 0 Å². The quantitative estimate of drug-likeness (QED) is 0.302. The number of aliphatic hydroxyl groups is 1. The first kappa shape index (κ1) is 34.4. The van der Waals surface area contributed by atoms with Gasteiger partial charge < -0.3 is 34.6 Å². The van der Waals surface area contributed by atoms with Gasteiger partial charge >= 0.3 is 18.2 Å². The molecule has 14 atom stereocenters. The van der Waals surface area contributed by atoms with Crippen LogP contribution < -0.4 is 5.32 Å².